The van der Waals surface area contributed by atoms with Gasteiger partial charge < -0.3 is 20.9 Å². The fourth-order valence-corrected chi connectivity index (χ4v) is 4.81. The van der Waals surface area contributed by atoms with Crippen LogP contribution in [0.4, 0.5) is 20.2 Å². The van der Waals surface area contributed by atoms with Crippen molar-refractivity contribution < 1.29 is 18.3 Å². The number of halogens is 2. The van der Waals surface area contributed by atoms with Crippen LogP contribution in [-0.4, -0.2) is 0 Å². The normalized spacial score (nSPS) is 14.6. The lowest BCUT2D eigenvalue weighted by atomic mass is 9.73. The molecule has 4 N–H and O–H groups in total. The second-order valence-corrected chi connectivity index (χ2v) is 8.92. The Morgan fingerprint density at radius 2 is 0.971 bits per heavy atom. The van der Waals surface area contributed by atoms with E-state index in [1.807, 2.05) is 12.1 Å². The van der Waals surface area contributed by atoms with Gasteiger partial charge in [-0.2, -0.15) is 0 Å². The number of nitrogens with two attached hydrogens (primary N) is 2. The molecule has 35 heavy (non-hydrogen) atoms. The fourth-order valence-electron chi connectivity index (χ4n) is 4.81. The van der Waals surface area contributed by atoms with Crippen LogP contribution < -0.4 is 20.9 Å². The van der Waals surface area contributed by atoms with Crippen molar-refractivity contribution in [2.24, 2.45) is 0 Å². The van der Waals surface area contributed by atoms with Crippen LogP contribution in [0.2, 0.25) is 0 Å². The number of hydrogen-bond donors (Lipinski definition) is 2. The van der Waals surface area contributed by atoms with Crippen LogP contribution in [0.1, 0.15) is 36.8 Å². The van der Waals surface area contributed by atoms with Gasteiger partial charge in [0, 0.05) is 16.8 Å². The molecule has 1 aliphatic carbocycles. The van der Waals surface area contributed by atoms with Gasteiger partial charge in [0.05, 0.1) is 0 Å². The monoisotopic (exact) mass is 472 g/mol. The van der Waals surface area contributed by atoms with Crippen LogP contribution in [-0.2, 0) is 5.41 Å². The molecule has 1 aliphatic rings. The van der Waals surface area contributed by atoms with E-state index < -0.39 is 17.0 Å². The van der Waals surface area contributed by atoms with Gasteiger partial charge in [-0.05, 0) is 96.8 Å². The zero-order valence-corrected chi connectivity index (χ0v) is 19.1. The molecule has 0 atom stereocenters. The number of hydrogen-bond acceptors (Lipinski definition) is 4. The molecule has 1 fully saturated rings. The van der Waals surface area contributed by atoms with Gasteiger partial charge in [0.1, 0.15) is 11.5 Å². The smallest absolute Gasteiger partial charge is 0.166 e. The number of nitrogen functional groups attached to an aromatic ring is 2. The van der Waals surface area contributed by atoms with Crippen LogP contribution in [0.15, 0.2) is 84.9 Å². The molecule has 0 aromatic heterocycles. The molecule has 0 heterocycles. The summed E-state index contributed by atoms with van der Waals surface area (Å²) in [6, 6.07) is 23.6. The summed E-state index contributed by atoms with van der Waals surface area (Å²) in [7, 11) is 0. The van der Waals surface area contributed by atoms with E-state index in [-0.39, 0.29) is 11.5 Å². The summed E-state index contributed by atoms with van der Waals surface area (Å²) in [5, 5.41) is 0. The maximum Gasteiger partial charge on any atom is 0.166 e. The second-order valence-electron chi connectivity index (χ2n) is 8.92. The average Bonchev–Trinajstić information content (AvgIpc) is 3.36. The van der Waals surface area contributed by atoms with E-state index in [0.717, 1.165) is 36.8 Å². The Labute approximate surface area is 203 Å². The highest BCUT2D eigenvalue weighted by atomic mass is 19.1. The van der Waals surface area contributed by atoms with Gasteiger partial charge in [-0.25, -0.2) is 8.78 Å². The van der Waals surface area contributed by atoms with Crippen LogP contribution in [0, 0.1) is 11.6 Å². The Kier molecular flexibility index (Phi) is 6.03. The Hall–Kier alpha value is -4.06. The predicted molar refractivity (Wildman–Crippen MR) is 134 cm³/mol. The van der Waals surface area contributed by atoms with Gasteiger partial charge in [-0.3, -0.25) is 0 Å². The fraction of sp³-hybridized carbons (Fsp3) is 0.172. The molecule has 0 aliphatic heterocycles. The van der Waals surface area contributed by atoms with E-state index in [9.17, 15) is 0 Å². The van der Waals surface area contributed by atoms with Crippen molar-refractivity contribution >= 4 is 11.4 Å². The van der Waals surface area contributed by atoms with Crippen LogP contribution in [0.5, 0.6) is 23.0 Å². The standard InChI is InChI=1S/C29H26F2N2O2/c30-25-17-19(3-13-27(25)34-23-9-5-21(32)6-10-23)29(15-1-2-16-29)20-4-14-28(26(31)18-20)35-24-11-7-22(33)8-12-24/h3-14,17-18H,1-2,15-16,32-33H2. The lowest BCUT2D eigenvalue weighted by Crippen LogP contribution is -2.24. The number of ether oxygens (including phenoxy) is 2. The van der Waals surface area contributed by atoms with Crippen molar-refractivity contribution in [2.45, 2.75) is 31.1 Å². The Balaban J connectivity index is 1.43. The first-order valence-electron chi connectivity index (χ1n) is 11.6. The molecule has 0 radical (unpaired) electrons. The lowest BCUT2D eigenvalue weighted by Gasteiger charge is -2.31. The molecule has 4 aromatic rings. The SMILES string of the molecule is Nc1ccc(Oc2ccc(C3(c4ccc(Oc5ccc(N)cc5)c(F)c4)CCCC3)cc2F)cc1. The minimum absolute atomic E-state index is 0.130. The van der Waals surface area contributed by atoms with Gasteiger partial charge in [0.15, 0.2) is 23.1 Å². The molecule has 0 bridgehead atoms. The third kappa shape index (κ3) is 4.64. The summed E-state index contributed by atoms with van der Waals surface area (Å²) < 4.78 is 41.6. The van der Waals surface area contributed by atoms with Gasteiger partial charge >= 0.3 is 0 Å². The summed E-state index contributed by atoms with van der Waals surface area (Å²) in [6.45, 7) is 0. The van der Waals surface area contributed by atoms with Crippen molar-refractivity contribution in [2.75, 3.05) is 11.5 Å². The van der Waals surface area contributed by atoms with E-state index in [2.05, 4.69) is 0 Å². The van der Waals surface area contributed by atoms with E-state index >= 15 is 8.78 Å². The molecule has 1 saturated carbocycles. The number of anilines is 2. The molecule has 178 valence electrons. The van der Waals surface area contributed by atoms with E-state index in [1.54, 1.807) is 60.7 Å². The molecular formula is C29H26F2N2O2. The quantitative estimate of drug-likeness (QED) is 0.284. The third-order valence-electron chi connectivity index (χ3n) is 6.64. The second kappa shape index (κ2) is 9.29. The molecule has 0 amide bonds. The molecule has 0 saturated heterocycles. The summed E-state index contributed by atoms with van der Waals surface area (Å²) in [4.78, 5) is 0. The maximum absolute atomic E-state index is 15.1. The first-order valence-corrected chi connectivity index (χ1v) is 11.6. The van der Waals surface area contributed by atoms with Gasteiger partial charge in [0.25, 0.3) is 0 Å². The van der Waals surface area contributed by atoms with Gasteiger partial charge in [0.2, 0.25) is 0 Å². The topological polar surface area (TPSA) is 70.5 Å². The third-order valence-corrected chi connectivity index (χ3v) is 6.64. The van der Waals surface area contributed by atoms with Crippen molar-refractivity contribution in [1.82, 2.24) is 0 Å². The molecule has 6 heteroatoms. The minimum Gasteiger partial charge on any atom is -0.454 e. The Morgan fingerprint density at radius 1 is 0.571 bits per heavy atom. The predicted octanol–water partition coefficient (Wildman–Crippen LogP) is 7.57. The zero-order valence-electron chi connectivity index (χ0n) is 19.1. The van der Waals surface area contributed by atoms with Crippen LogP contribution in [0.25, 0.3) is 0 Å². The van der Waals surface area contributed by atoms with Crippen molar-refractivity contribution in [3.05, 3.63) is 108 Å². The number of rotatable bonds is 6. The molecule has 5 rings (SSSR count). The summed E-state index contributed by atoms with van der Waals surface area (Å²) in [5.74, 6) is 0.333. The number of benzene rings is 4. The van der Waals surface area contributed by atoms with E-state index in [1.165, 1.54) is 12.1 Å². The molecule has 0 unspecified atom stereocenters. The van der Waals surface area contributed by atoms with Gasteiger partial charge in [-0.15, -0.1) is 0 Å². The zero-order chi connectivity index (χ0) is 24.4. The van der Waals surface area contributed by atoms with Crippen LogP contribution >= 0.6 is 0 Å². The van der Waals surface area contributed by atoms with Crippen molar-refractivity contribution in [3.8, 4) is 23.0 Å². The summed E-state index contributed by atoms with van der Waals surface area (Å²) >= 11 is 0. The molecule has 0 spiro atoms. The first-order chi connectivity index (χ1) is 16.9. The highest BCUT2D eigenvalue weighted by molar-refractivity contribution is 5.48. The molecule has 4 nitrogen and oxygen atoms in total. The summed E-state index contributed by atoms with van der Waals surface area (Å²) in [5.41, 5.74) is 13.8. The van der Waals surface area contributed by atoms with Crippen LogP contribution in [0.3, 0.4) is 0 Å². The maximum atomic E-state index is 15.1. The largest absolute Gasteiger partial charge is 0.454 e. The molecule has 4 aromatic carbocycles. The lowest BCUT2D eigenvalue weighted by molar-refractivity contribution is 0.434. The van der Waals surface area contributed by atoms with E-state index in [0.29, 0.717) is 22.9 Å². The first kappa shape index (κ1) is 22.7. The van der Waals surface area contributed by atoms with Crippen molar-refractivity contribution in [3.63, 3.8) is 0 Å². The minimum atomic E-state index is -0.471. The molecular weight excluding hydrogens is 446 g/mol. The van der Waals surface area contributed by atoms with Crippen molar-refractivity contribution in [1.29, 1.82) is 0 Å². The van der Waals surface area contributed by atoms with E-state index in [4.69, 9.17) is 20.9 Å². The highest BCUT2D eigenvalue weighted by Gasteiger charge is 2.38. The van der Waals surface area contributed by atoms with Gasteiger partial charge in [-0.1, -0.05) is 25.0 Å². The highest BCUT2D eigenvalue weighted by Crippen LogP contribution is 2.48. The Bertz CT molecular complexity index is 1230. The average molecular weight is 473 g/mol. The summed E-state index contributed by atoms with van der Waals surface area (Å²) in [6.07, 6.45) is 3.58. The Morgan fingerprint density at radius 3 is 1.34 bits per heavy atom.